The molecule has 0 fully saturated rings. The molecule has 1 aromatic carbocycles. The Bertz CT molecular complexity index is 1500. The second kappa shape index (κ2) is 9.69. The number of hydrogen-bond acceptors (Lipinski definition) is 8. The van der Waals surface area contributed by atoms with E-state index in [4.69, 9.17) is 5.11 Å². The lowest BCUT2D eigenvalue weighted by atomic mass is 10.2. The van der Waals surface area contributed by atoms with Crippen molar-refractivity contribution in [3.8, 4) is 22.4 Å². The average Bonchev–Trinajstić information content (AvgIpc) is 3.51. The lowest BCUT2D eigenvalue weighted by molar-refractivity contribution is 0.269. The van der Waals surface area contributed by atoms with Gasteiger partial charge in [-0.2, -0.15) is 15.3 Å². The van der Waals surface area contributed by atoms with Gasteiger partial charge in [-0.25, -0.2) is 14.6 Å². The minimum atomic E-state index is -0.183. The number of benzene rings is 1. The minimum absolute atomic E-state index is 0.0280. The summed E-state index contributed by atoms with van der Waals surface area (Å²) in [5, 5.41) is 25.1. The van der Waals surface area contributed by atoms with E-state index in [0.717, 1.165) is 27.9 Å². The summed E-state index contributed by atoms with van der Waals surface area (Å²) in [5.41, 5.74) is 4.74. The number of aliphatic hydroxyl groups is 1. The first-order chi connectivity index (χ1) is 17.1. The van der Waals surface area contributed by atoms with Crippen LogP contribution in [0.25, 0.3) is 22.4 Å². The maximum absolute atomic E-state index is 12.4. The molecule has 0 saturated heterocycles. The van der Waals surface area contributed by atoms with E-state index in [1.54, 1.807) is 40.2 Å². The predicted molar refractivity (Wildman–Crippen MR) is 130 cm³/mol. The van der Waals surface area contributed by atoms with Crippen LogP contribution < -0.4 is 10.9 Å². The monoisotopic (exact) mass is 469 g/mol. The van der Waals surface area contributed by atoms with E-state index < -0.39 is 0 Å². The second-order valence-corrected chi connectivity index (χ2v) is 7.95. The maximum Gasteiger partial charge on any atom is 0.267 e. The molecule has 0 aliphatic carbocycles. The van der Waals surface area contributed by atoms with Crippen molar-refractivity contribution >= 4 is 11.6 Å². The lowest BCUT2D eigenvalue weighted by Crippen LogP contribution is -2.22. The molecule has 0 spiro atoms. The molecular formula is C24H23N9O2. The van der Waals surface area contributed by atoms with Gasteiger partial charge >= 0.3 is 0 Å². The van der Waals surface area contributed by atoms with Crippen LogP contribution in [-0.4, -0.2) is 51.0 Å². The molecule has 2 N–H and O–H groups in total. The van der Waals surface area contributed by atoms with Crippen molar-refractivity contribution in [2.24, 2.45) is 7.05 Å². The smallest absolute Gasteiger partial charge is 0.267 e. The van der Waals surface area contributed by atoms with Gasteiger partial charge in [-0.05, 0) is 23.8 Å². The van der Waals surface area contributed by atoms with E-state index in [1.807, 2.05) is 43.7 Å². The Morgan fingerprint density at radius 3 is 2.54 bits per heavy atom. The number of aliphatic hydroxyl groups excluding tert-OH is 1. The van der Waals surface area contributed by atoms with E-state index in [0.29, 0.717) is 24.7 Å². The van der Waals surface area contributed by atoms with Crippen LogP contribution in [-0.2, 0) is 20.1 Å². The summed E-state index contributed by atoms with van der Waals surface area (Å²) in [7, 11) is 1.84. The maximum atomic E-state index is 12.4. The van der Waals surface area contributed by atoms with Gasteiger partial charge in [0, 0.05) is 60.3 Å². The molecule has 0 aliphatic heterocycles. The number of anilines is 2. The zero-order valence-electron chi connectivity index (χ0n) is 19.0. The summed E-state index contributed by atoms with van der Waals surface area (Å²) in [4.78, 5) is 21.2. The Morgan fingerprint density at radius 1 is 0.943 bits per heavy atom. The van der Waals surface area contributed by atoms with Gasteiger partial charge in [-0.3, -0.25) is 14.2 Å². The minimum Gasteiger partial charge on any atom is -0.394 e. The highest BCUT2D eigenvalue weighted by atomic mass is 16.3. The van der Waals surface area contributed by atoms with Crippen LogP contribution in [0.1, 0.15) is 5.56 Å². The Balaban J connectivity index is 1.30. The quantitative estimate of drug-likeness (QED) is 0.353. The summed E-state index contributed by atoms with van der Waals surface area (Å²) >= 11 is 0. The van der Waals surface area contributed by atoms with Crippen LogP contribution in [0.5, 0.6) is 0 Å². The average molecular weight is 470 g/mol. The van der Waals surface area contributed by atoms with Crippen LogP contribution in [0, 0.1) is 0 Å². The van der Waals surface area contributed by atoms with Crippen LogP contribution in [0.15, 0.2) is 78.4 Å². The summed E-state index contributed by atoms with van der Waals surface area (Å²) in [6.45, 7) is 0.784. The van der Waals surface area contributed by atoms with Gasteiger partial charge in [0.05, 0.1) is 37.8 Å². The van der Waals surface area contributed by atoms with Gasteiger partial charge in [0.2, 0.25) is 5.95 Å². The van der Waals surface area contributed by atoms with Crippen LogP contribution in [0.4, 0.5) is 11.6 Å². The summed E-state index contributed by atoms with van der Waals surface area (Å²) < 4.78 is 4.80. The molecule has 4 aromatic heterocycles. The van der Waals surface area contributed by atoms with Crippen LogP contribution >= 0.6 is 0 Å². The molecule has 0 amide bonds. The van der Waals surface area contributed by atoms with Gasteiger partial charge in [-0.15, -0.1) is 0 Å². The molecule has 0 bridgehead atoms. The molecule has 11 heteroatoms. The molecular weight excluding hydrogens is 446 g/mol. The van der Waals surface area contributed by atoms with Gasteiger partial charge < -0.3 is 10.4 Å². The third-order valence-corrected chi connectivity index (χ3v) is 5.33. The largest absolute Gasteiger partial charge is 0.394 e. The van der Waals surface area contributed by atoms with Crippen molar-refractivity contribution in [1.29, 1.82) is 0 Å². The van der Waals surface area contributed by atoms with Crippen molar-refractivity contribution in [2.45, 2.75) is 13.1 Å². The van der Waals surface area contributed by atoms with Gasteiger partial charge in [0.15, 0.2) is 0 Å². The molecule has 0 unspecified atom stereocenters. The molecule has 0 saturated carbocycles. The van der Waals surface area contributed by atoms with Crippen molar-refractivity contribution in [3.63, 3.8) is 0 Å². The molecule has 11 nitrogen and oxygen atoms in total. The van der Waals surface area contributed by atoms with E-state index in [2.05, 4.69) is 30.6 Å². The Hall–Kier alpha value is -4.64. The highest BCUT2D eigenvalue weighted by molar-refractivity contribution is 5.61. The van der Waals surface area contributed by atoms with E-state index in [9.17, 15) is 4.79 Å². The van der Waals surface area contributed by atoms with E-state index in [-0.39, 0.29) is 12.2 Å². The van der Waals surface area contributed by atoms with Crippen molar-refractivity contribution in [3.05, 3.63) is 89.5 Å². The number of hydrogen-bond donors (Lipinski definition) is 2. The summed E-state index contributed by atoms with van der Waals surface area (Å²) in [5.74, 6) is 0.447. The normalized spacial score (nSPS) is 11.0. The number of nitrogens with one attached hydrogen (secondary N) is 1. The molecule has 35 heavy (non-hydrogen) atoms. The summed E-state index contributed by atoms with van der Waals surface area (Å²) in [6, 6.07) is 10.9. The zero-order chi connectivity index (χ0) is 24.2. The first kappa shape index (κ1) is 22.2. The fourth-order valence-electron chi connectivity index (χ4n) is 3.60. The molecule has 0 radical (unpaired) electrons. The molecule has 0 aliphatic rings. The van der Waals surface area contributed by atoms with Gasteiger partial charge in [0.25, 0.3) is 5.56 Å². The molecule has 0 atom stereocenters. The standard InChI is InChI=1S/C24H23N9O2/c1-31-15-20(13-27-31)22-5-6-23(35)33(30-22)14-17-3-2-4-21(9-17)29-24-25-10-18(11-26-24)19-12-28-32(16-19)7-8-34/h2-6,9-13,15-16,34H,7-8,14H2,1H3,(H,25,26,29). The second-order valence-electron chi connectivity index (χ2n) is 7.95. The number of aromatic nitrogens is 8. The lowest BCUT2D eigenvalue weighted by Gasteiger charge is -2.09. The van der Waals surface area contributed by atoms with Gasteiger partial charge in [0.1, 0.15) is 0 Å². The predicted octanol–water partition coefficient (Wildman–Crippen LogP) is 2.08. The highest BCUT2D eigenvalue weighted by Crippen LogP contribution is 2.20. The third-order valence-electron chi connectivity index (χ3n) is 5.33. The third kappa shape index (κ3) is 5.14. The van der Waals surface area contributed by atoms with E-state index in [1.165, 1.54) is 10.7 Å². The van der Waals surface area contributed by atoms with Gasteiger partial charge in [-0.1, -0.05) is 12.1 Å². The fourth-order valence-corrected chi connectivity index (χ4v) is 3.60. The van der Waals surface area contributed by atoms with Crippen molar-refractivity contribution in [1.82, 2.24) is 39.3 Å². The van der Waals surface area contributed by atoms with Crippen LogP contribution in [0.3, 0.4) is 0 Å². The number of rotatable bonds is 8. The Kier molecular flexibility index (Phi) is 6.14. The van der Waals surface area contributed by atoms with Crippen molar-refractivity contribution < 1.29 is 5.11 Å². The first-order valence-corrected chi connectivity index (χ1v) is 11.0. The molecule has 4 heterocycles. The highest BCUT2D eigenvalue weighted by Gasteiger charge is 2.08. The topological polar surface area (TPSA) is 129 Å². The first-order valence-electron chi connectivity index (χ1n) is 11.0. The number of nitrogens with zero attached hydrogens (tertiary/aromatic N) is 8. The molecule has 5 rings (SSSR count). The van der Waals surface area contributed by atoms with Crippen LogP contribution in [0.2, 0.25) is 0 Å². The van der Waals surface area contributed by atoms with Crippen molar-refractivity contribution in [2.75, 3.05) is 11.9 Å². The van der Waals surface area contributed by atoms with E-state index >= 15 is 0 Å². The Labute approximate surface area is 200 Å². The number of aryl methyl sites for hydroxylation is 1. The molecule has 5 aromatic rings. The summed E-state index contributed by atoms with van der Waals surface area (Å²) in [6.07, 6.45) is 10.6. The Morgan fingerprint density at radius 2 is 1.77 bits per heavy atom. The molecule has 176 valence electrons. The SMILES string of the molecule is Cn1cc(-c2ccc(=O)n(Cc3cccc(Nc4ncc(-c5cnn(CCO)c5)cn4)c3)n2)cn1. The zero-order valence-corrected chi connectivity index (χ0v) is 19.0. The fraction of sp³-hybridized carbons (Fsp3) is 0.167.